The zero-order valence-corrected chi connectivity index (χ0v) is 14.3. The summed E-state index contributed by atoms with van der Waals surface area (Å²) in [5.74, 6) is 2.07. The maximum Gasteiger partial charge on any atom is 0.119 e. The van der Waals surface area contributed by atoms with Gasteiger partial charge in [-0.05, 0) is 60.8 Å². The van der Waals surface area contributed by atoms with Crippen molar-refractivity contribution in [3.05, 3.63) is 29.3 Å². The maximum atomic E-state index is 9.33. The lowest BCUT2D eigenvalue weighted by molar-refractivity contribution is 0.178. The van der Waals surface area contributed by atoms with Gasteiger partial charge >= 0.3 is 0 Å². The summed E-state index contributed by atoms with van der Waals surface area (Å²) >= 11 is 0. The first kappa shape index (κ1) is 17.3. The molecule has 0 spiro atoms. The summed E-state index contributed by atoms with van der Waals surface area (Å²) in [5.41, 5.74) is 2.90. The first-order valence-electron chi connectivity index (χ1n) is 9.10. The van der Waals surface area contributed by atoms with Gasteiger partial charge < -0.3 is 9.84 Å². The molecule has 124 valence electrons. The van der Waals surface area contributed by atoms with E-state index in [1.807, 2.05) is 0 Å². The number of fused-ring (bicyclic) bond motifs is 1. The molecule has 1 aliphatic rings. The minimum atomic E-state index is 0.305. The highest BCUT2D eigenvalue weighted by molar-refractivity contribution is 5.37. The average molecular weight is 304 g/mol. The minimum absolute atomic E-state index is 0.305. The number of rotatable bonds is 9. The third kappa shape index (κ3) is 5.01. The van der Waals surface area contributed by atoms with Crippen molar-refractivity contribution in [3.8, 4) is 5.75 Å². The summed E-state index contributed by atoms with van der Waals surface area (Å²) in [6, 6.07) is 6.59. The topological polar surface area (TPSA) is 29.5 Å². The van der Waals surface area contributed by atoms with Crippen molar-refractivity contribution >= 4 is 0 Å². The molecule has 0 bridgehead atoms. The molecule has 2 unspecified atom stereocenters. The van der Waals surface area contributed by atoms with Crippen molar-refractivity contribution in [2.75, 3.05) is 13.2 Å². The van der Waals surface area contributed by atoms with Crippen LogP contribution < -0.4 is 4.74 Å². The van der Waals surface area contributed by atoms with E-state index in [4.69, 9.17) is 4.74 Å². The van der Waals surface area contributed by atoms with Gasteiger partial charge in [0.2, 0.25) is 0 Å². The molecule has 0 saturated carbocycles. The Kier molecular flexibility index (Phi) is 7.24. The SMILES string of the molecule is CCCCCCCOc1ccc2c(c1)CCC(C(C)CO)C2. The van der Waals surface area contributed by atoms with Gasteiger partial charge in [-0.3, -0.25) is 0 Å². The van der Waals surface area contributed by atoms with Crippen LogP contribution in [0.25, 0.3) is 0 Å². The molecule has 0 radical (unpaired) electrons. The van der Waals surface area contributed by atoms with Crippen LogP contribution in [0.15, 0.2) is 18.2 Å². The van der Waals surface area contributed by atoms with Crippen LogP contribution in [0, 0.1) is 11.8 Å². The molecule has 22 heavy (non-hydrogen) atoms. The summed E-state index contributed by atoms with van der Waals surface area (Å²) in [6.07, 6.45) is 9.82. The minimum Gasteiger partial charge on any atom is -0.494 e. The molecule has 1 N–H and O–H groups in total. The van der Waals surface area contributed by atoms with Crippen LogP contribution >= 0.6 is 0 Å². The molecule has 2 atom stereocenters. The van der Waals surface area contributed by atoms with Crippen LogP contribution in [-0.2, 0) is 12.8 Å². The maximum absolute atomic E-state index is 9.33. The van der Waals surface area contributed by atoms with Crippen molar-refractivity contribution < 1.29 is 9.84 Å². The highest BCUT2D eigenvalue weighted by atomic mass is 16.5. The molecule has 1 aromatic rings. The predicted molar refractivity (Wildman–Crippen MR) is 92.5 cm³/mol. The quantitative estimate of drug-likeness (QED) is 0.666. The molecule has 1 aliphatic carbocycles. The fraction of sp³-hybridized carbons (Fsp3) is 0.700. The predicted octanol–water partition coefficient (Wildman–Crippen LogP) is 4.77. The van der Waals surface area contributed by atoms with E-state index in [9.17, 15) is 5.11 Å². The Labute approximate surface area is 135 Å². The lowest BCUT2D eigenvalue weighted by atomic mass is 9.78. The Bertz CT molecular complexity index is 441. The van der Waals surface area contributed by atoms with Crippen molar-refractivity contribution in [1.29, 1.82) is 0 Å². The number of benzene rings is 1. The second-order valence-corrected chi connectivity index (χ2v) is 6.86. The Morgan fingerprint density at radius 1 is 1.18 bits per heavy atom. The summed E-state index contributed by atoms with van der Waals surface area (Å²) in [7, 11) is 0. The Morgan fingerprint density at radius 3 is 2.77 bits per heavy atom. The highest BCUT2D eigenvalue weighted by Gasteiger charge is 2.23. The molecule has 0 amide bonds. The molecule has 2 nitrogen and oxygen atoms in total. The van der Waals surface area contributed by atoms with Gasteiger partial charge in [-0.1, -0.05) is 45.6 Å². The molecular formula is C20H32O2. The monoisotopic (exact) mass is 304 g/mol. The molecule has 2 heteroatoms. The molecule has 2 rings (SSSR count). The summed E-state index contributed by atoms with van der Waals surface area (Å²) in [4.78, 5) is 0. The third-order valence-corrected chi connectivity index (χ3v) is 5.05. The lowest BCUT2D eigenvalue weighted by Gasteiger charge is -2.28. The second-order valence-electron chi connectivity index (χ2n) is 6.86. The van der Waals surface area contributed by atoms with Crippen LogP contribution in [0.5, 0.6) is 5.75 Å². The van der Waals surface area contributed by atoms with Crippen LogP contribution in [0.1, 0.15) is 63.5 Å². The van der Waals surface area contributed by atoms with Gasteiger partial charge in [-0.2, -0.15) is 0 Å². The van der Waals surface area contributed by atoms with Crippen molar-refractivity contribution in [2.45, 2.75) is 65.2 Å². The van der Waals surface area contributed by atoms with E-state index in [1.165, 1.54) is 43.2 Å². The van der Waals surface area contributed by atoms with Gasteiger partial charge in [0.25, 0.3) is 0 Å². The summed E-state index contributed by atoms with van der Waals surface area (Å²) in [6.45, 7) is 5.55. The highest BCUT2D eigenvalue weighted by Crippen LogP contribution is 2.32. The lowest BCUT2D eigenvalue weighted by Crippen LogP contribution is -2.23. The molecule has 0 heterocycles. The van der Waals surface area contributed by atoms with E-state index in [2.05, 4.69) is 32.0 Å². The van der Waals surface area contributed by atoms with Gasteiger partial charge in [-0.15, -0.1) is 0 Å². The first-order valence-corrected chi connectivity index (χ1v) is 9.10. The zero-order chi connectivity index (χ0) is 15.8. The first-order chi connectivity index (χ1) is 10.7. The van der Waals surface area contributed by atoms with E-state index in [0.717, 1.165) is 31.6 Å². The molecule has 0 aromatic heterocycles. The average Bonchev–Trinajstić information content (AvgIpc) is 2.56. The van der Waals surface area contributed by atoms with E-state index in [0.29, 0.717) is 18.4 Å². The normalized spacial score (nSPS) is 18.8. The van der Waals surface area contributed by atoms with E-state index in [1.54, 1.807) is 0 Å². The van der Waals surface area contributed by atoms with Gasteiger partial charge in [0.15, 0.2) is 0 Å². The molecule has 1 aromatic carbocycles. The zero-order valence-electron chi connectivity index (χ0n) is 14.3. The number of ether oxygens (including phenoxy) is 1. The van der Waals surface area contributed by atoms with Crippen LogP contribution in [0.2, 0.25) is 0 Å². The standard InChI is InChI=1S/C20H32O2/c1-3-4-5-6-7-12-22-20-11-10-18-13-17(16(2)15-21)8-9-19(18)14-20/h10-11,14,16-17,21H,3-9,12-13,15H2,1-2H3. The largest absolute Gasteiger partial charge is 0.494 e. The molecule has 0 fully saturated rings. The van der Waals surface area contributed by atoms with Gasteiger partial charge in [0.1, 0.15) is 5.75 Å². The fourth-order valence-electron chi connectivity index (χ4n) is 3.38. The van der Waals surface area contributed by atoms with Gasteiger partial charge in [0.05, 0.1) is 6.61 Å². The van der Waals surface area contributed by atoms with Crippen LogP contribution in [0.3, 0.4) is 0 Å². The third-order valence-electron chi connectivity index (χ3n) is 5.05. The Balaban J connectivity index is 1.80. The smallest absolute Gasteiger partial charge is 0.119 e. The van der Waals surface area contributed by atoms with Gasteiger partial charge in [-0.25, -0.2) is 0 Å². The molecule has 0 saturated heterocycles. The second kappa shape index (κ2) is 9.19. The van der Waals surface area contributed by atoms with Crippen molar-refractivity contribution in [3.63, 3.8) is 0 Å². The summed E-state index contributed by atoms with van der Waals surface area (Å²) < 4.78 is 5.91. The fourth-order valence-corrected chi connectivity index (χ4v) is 3.38. The van der Waals surface area contributed by atoms with Crippen LogP contribution in [0.4, 0.5) is 0 Å². The number of aliphatic hydroxyl groups excluding tert-OH is 1. The molecule has 0 aliphatic heterocycles. The van der Waals surface area contributed by atoms with E-state index >= 15 is 0 Å². The van der Waals surface area contributed by atoms with Gasteiger partial charge in [0, 0.05) is 6.61 Å². The Hall–Kier alpha value is -1.02. The number of aliphatic hydroxyl groups is 1. The number of hydrogen-bond donors (Lipinski definition) is 1. The molecular weight excluding hydrogens is 272 g/mol. The Morgan fingerprint density at radius 2 is 2.00 bits per heavy atom. The number of unbranched alkanes of at least 4 members (excludes halogenated alkanes) is 4. The van der Waals surface area contributed by atoms with Crippen molar-refractivity contribution in [1.82, 2.24) is 0 Å². The van der Waals surface area contributed by atoms with E-state index in [-0.39, 0.29) is 0 Å². The number of hydrogen-bond acceptors (Lipinski definition) is 2. The number of aryl methyl sites for hydroxylation is 1. The van der Waals surface area contributed by atoms with E-state index < -0.39 is 0 Å². The van der Waals surface area contributed by atoms with Crippen LogP contribution in [-0.4, -0.2) is 18.3 Å². The summed E-state index contributed by atoms with van der Waals surface area (Å²) in [5, 5.41) is 9.33. The van der Waals surface area contributed by atoms with Crippen molar-refractivity contribution in [2.24, 2.45) is 11.8 Å².